The molecule has 1 unspecified atom stereocenters. The Kier molecular flexibility index (Phi) is 3.15. The van der Waals surface area contributed by atoms with E-state index in [-0.39, 0.29) is 30.8 Å². The average molecular weight is 232 g/mol. The van der Waals surface area contributed by atoms with Crippen molar-refractivity contribution in [2.45, 2.75) is 38.2 Å². The second kappa shape index (κ2) is 4.28. The molecule has 2 saturated heterocycles. The Balaban J connectivity index is 2.03. The van der Waals surface area contributed by atoms with Crippen molar-refractivity contribution < 1.29 is 13.6 Å². The van der Waals surface area contributed by atoms with Gasteiger partial charge in [-0.15, -0.1) is 0 Å². The molecule has 0 radical (unpaired) electrons. The molecule has 5 heteroatoms. The minimum absolute atomic E-state index is 0.00991. The van der Waals surface area contributed by atoms with Crippen LogP contribution in [0.2, 0.25) is 0 Å². The van der Waals surface area contributed by atoms with E-state index < -0.39 is 5.92 Å². The fourth-order valence-electron chi connectivity index (χ4n) is 2.58. The number of rotatable bonds is 1. The molecule has 0 saturated carbocycles. The highest BCUT2D eigenvalue weighted by Crippen LogP contribution is 2.28. The quantitative estimate of drug-likeness (QED) is 0.737. The summed E-state index contributed by atoms with van der Waals surface area (Å²) in [5.41, 5.74) is 0. The Bertz CT molecular complexity index is 283. The number of alkyl halides is 2. The van der Waals surface area contributed by atoms with Gasteiger partial charge in [0, 0.05) is 31.5 Å². The van der Waals surface area contributed by atoms with Crippen molar-refractivity contribution in [1.29, 1.82) is 0 Å². The van der Waals surface area contributed by atoms with Crippen molar-refractivity contribution in [3.63, 3.8) is 0 Å². The Labute approximate surface area is 94.2 Å². The van der Waals surface area contributed by atoms with Gasteiger partial charge in [-0.2, -0.15) is 0 Å². The second-order valence-corrected chi connectivity index (χ2v) is 4.92. The van der Waals surface area contributed by atoms with E-state index in [1.807, 2.05) is 6.92 Å². The lowest BCUT2D eigenvalue weighted by molar-refractivity contribution is -0.144. The van der Waals surface area contributed by atoms with Crippen LogP contribution in [0.4, 0.5) is 8.78 Å². The van der Waals surface area contributed by atoms with Crippen LogP contribution in [0.25, 0.3) is 0 Å². The molecule has 0 aliphatic carbocycles. The first-order valence-electron chi connectivity index (χ1n) is 5.89. The number of hydrogen-bond acceptors (Lipinski definition) is 2. The minimum Gasteiger partial charge on any atom is -0.338 e. The summed E-state index contributed by atoms with van der Waals surface area (Å²) in [7, 11) is 0. The van der Waals surface area contributed by atoms with E-state index in [0.29, 0.717) is 13.1 Å². The highest BCUT2D eigenvalue weighted by molar-refractivity contribution is 5.79. The number of piperidine rings is 2. The molecule has 1 N–H and O–H groups in total. The third-order valence-corrected chi connectivity index (χ3v) is 3.48. The Hall–Kier alpha value is -0.710. The van der Waals surface area contributed by atoms with Gasteiger partial charge in [0.15, 0.2) is 0 Å². The van der Waals surface area contributed by atoms with E-state index in [1.165, 1.54) is 0 Å². The van der Waals surface area contributed by atoms with Gasteiger partial charge in [0.2, 0.25) is 5.91 Å². The van der Waals surface area contributed by atoms with Crippen LogP contribution in [-0.4, -0.2) is 42.4 Å². The molecule has 0 aromatic carbocycles. The van der Waals surface area contributed by atoms with Gasteiger partial charge in [0.25, 0.3) is 5.92 Å². The zero-order valence-corrected chi connectivity index (χ0v) is 9.51. The highest BCUT2D eigenvalue weighted by Gasteiger charge is 2.41. The van der Waals surface area contributed by atoms with Crippen molar-refractivity contribution in [2.75, 3.05) is 19.6 Å². The molecule has 3 nitrogen and oxygen atoms in total. The van der Waals surface area contributed by atoms with Crippen LogP contribution >= 0.6 is 0 Å². The standard InChI is InChI=1S/C11H18F2N2O/c1-8-3-2-4-15(10(8)16)9-5-11(12,13)7-14-6-9/h8-9,14H,2-7H2,1H3/t8?,9-/m1/s1. The Morgan fingerprint density at radius 3 is 2.94 bits per heavy atom. The molecule has 2 heterocycles. The van der Waals surface area contributed by atoms with Gasteiger partial charge in [-0.25, -0.2) is 8.78 Å². The molecular weight excluding hydrogens is 214 g/mol. The number of halogens is 2. The summed E-state index contributed by atoms with van der Waals surface area (Å²) < 4.78 is 26.5. The fraction of sp³-hybridized carbons (Fsp3) is 0.909. The third kappa shape index (κ3) is 2.34. The summed E-state index contributed by atoms with van der Waals surface area (Å²) in [6, 6.07) is -0.334. The van der Waals surface area contributed by atoms with Gasteiger partial charge in [0.05, 0.1) is 6.54 Å². The van der Waals surface area contributed by atoms with Crippen molar-refractivity contribution in [3.8, 4) is 0 Å². The van der Waals surface area contributed by atoms with Crippen molar-refractivity contribution in [1.82, 2.24) is 10.2 Å². The van der Waals surface area contributed by atoms with Crippen LogP contribution in [0.3, 0.4) is 0 Å². The SMILES string of the molecule is CC1CCCN([C@H]2CNCC(F)(F)C2)C1=O. The van der Waals surface area contributed by atoms with Crippen LogP contribution in [0, 0.1) is 5.92 Å². The van der Waals surface area contributed by atoms with Crippen molar-refractivity contribution in [2.24, 2.45) is 5.92 Å². The maximum atomic E-state index is 13.2. The zero-order valence-electron chi connectivity index (χ0n) is 9.51. The number of carbonyl (C=O) groups is 1. The maximum Gasteiger partial charge on any atom is 0.262 e. The first kappa shape index (κ1) is 11.8. The topological polar surface area (TPSA) is 32.3 Å². The fourth-order valence-corrected chi connectivity index (χ4v) is 2.58. The van der Waals surface area contributed by atoms with E-state index in [0.717, 1.165) is 12.8 Å². The predicted molar refractivity (Wildman–Crippen MR) is 56.3 cm³/mol. The van der Waals surface area contributed by atoms with Crippen LogP contribution in [0.5, 0.6) is 0 Å². The molecule has 16 heavy (non-hydrogen) atoms. The third-order valence-electron chi connectivity index (χ3n) is 3.48. The number of carbonyl (C=O) groups excluding carboxylic acids is 1. The van der Waals surface area contributed by atoms with E-state index in [9.17, 15) is 13.6 Å². The smallest absolute Gasteiger partial charge is 0.262 e. The Morgan fingerprint density at radius 1 is 1.50 bits per heavy atom. The zero-order chi connectivity index (χ0) is 11.8. The van der Waals surface area contributed by atoms with E-state index in [1.54, 1.807) is 4.90 Å². The van der Waals surface area contributed by atoms with Gasteiger partial charge in [0.1, 0.15) is 0 Å². The molecular formula is C11H18F2N2O. The van der Waals surface area contributed by atoms with E-state index in [2.05, 4.69) is 5.32 Å². The first-order valence-corrected chi connectivity index (χ1v) is 5.89. The van der Waals surface area contributed by atoms with Gasteiger partial charge in [-0.1, -0.05) is 6.92 Å². The lowest BCUT2D eigenvalue weighted by Crippen LogP contribution is -2.57. The molecule has 2 aliphatic heterocycles. The number of amides is 1. The van der Waals surface area contributed by atoms with Crippen LogP contribution < -0.4 is 5.32 Å². The lowest BCUT2D eigenvalue weighted by Gasteiger charge is -2.41. The molecule has 2 rings (SSSR count). The molecule has 0 aromatic heterocycles. The molecule has 2 aliphatic rings. The van der Waals surface area contributed by atoms with Crippen LogP contribution in [-0.2, 0) is 4.79 Å². The summed E-state index contributed by atoms with van der Waals surface area (Å²) in [6.45, 7) is 2.74. The number of hydrogen-bond donors (Lipinski definition) is 1. The number of nitrogens with zero attached hydrogens (tertiary/aromatic N) is 1. The van der Waals surface area contributed by atoms with Gasteiger partial charge < -0.3 is 10.2 Å². The summed E-state index contributed by atoms with van der Waals surface area (Å²) >= 11 is 0. The van der Waals surface area contributed by atoms with E-state index >= 15 is 0 Å². The Morgan fingerprint density at radius 2 is 2.25 bits per heavy atom. The van der Waals surface area contributed by atoms with Crippen LogP contribution in [0.15, 0.2) is 0 Å². The largest absolute Gasteiger partial charge is 0.338 e. The molecule has 2 fully saturated rings. The summed E-state index contributed by atoms with van der Waals surface area (Å²) in [5.74, 6) is -2.65. The predicted octanol–water partition coefficient (Wildman–Crippen LogP) is 1.24. The molecule has 0 spiro atoms. The number of likely N-dealkylation sites (tertiary alicyclic amines) is 1. The van der Waals surface area contributed by atoms with Crippen molar-refractivity contribution in [3.05, 3.63) is 0 Å². The second-order valence-electron chi connectivity index (χ2n) is 4.92. The monoisotopic (exact) mass is 232 g/mol. The van der Waals surface area contributed by atoms with Gasteiger partial charge in [-0.05, 0) is 12.8 Å². The highest BCUT2D eigenvalue weighted by atomic mass is 19.3. The minimum atomic E-state index is -2.68. The van der Waals surface area contributed by atoms with Gasteiger partial charge in [-0.3, -0.25) is 4.79 Å². The molecule has 0 bridgehead atoms. The first-order chi connectivity index (χ1) is 7.49. The summed E-state index contributed by atoms with van der Waals surface area (Å²) in [6.07, 6.45) is 1.61. The molecule has 1 amide bonds. The maximum absolute atomic E-state index is 13.2. The molecule has 92 valence electrons. The van der Waals surface area contributed by atoms with Crippen molar-refractivity contribution >= 4 is 5.91 Å². The van der Waals surface area contributed by atoms with Crippen LogP contribution in [0.1, 0.15) is 26.2 Å². The summed E-state index contributed by atoms with van der Waals surface area (Å²) in [4.78, 5) is 13.5. The average Bonchev–Trinajstić information content (AvgIpc) is 2.20. The van der Waals surface area contributed by atoms with E-state index in [4.69, 9.17) is 0 Å². The lowest BCUT2D eigenvalue weighted by atomic mass is 9.94. The number of nitrogens with one attached hydrogen (secondary N) is 1. The normalized spacial score (nSPS) is 35.2. The summed E-state index contributed by atoms with van der Waals surface area (Å²) in [5, 5.41) is 2.71. The van der Waals surface area contributed by atoms with Gasteiger partial charge >= 0.3 is 0 Å². The molecule has 0 aromatic rings. The molecule has 2 atom stereocenters.